The summed E-state index contributed by atoms with van der Waals surface area (Å²) in [5, 5.41) is 10.7. The lowest BCUT2D eigenvalue weighted by Crippen LogP contribution is -2.06. The molecule has 0 radical (unpaired) electrons. The zero-order valence-electron chi connectivity index (χ0n) is 13.0. The first-order valence-electron chi connectivity index (χ1n) is 7.00. The van der Waals surface area contributed by atoms with Crippen molar-refractivity contribution >= 4 is 24.7 Å². The standard InChI is InChI=1S/C16H12BF2NO5/c1-24-14-8-4-11(5-9-14)15(21)10-16(25-17(18)19)12-2-6-13(7-3-12)20(22)23/h2-10H,1H3/b16-10-. The number of ether oxygens (including phenoxy) is 1. The van der Waals surface area contributed by atoms with Gasteiger partial charge in [-0.1, -0.05) is 0 Å². The molecule has 0 spiro atoms. The normalized spacial score (nSPS) is 10.9. The predicted molar refractivity (Wildman–Crippen MR) is 87.5 cm³/mol. The van der Waals surface area contributed by atoms with E-state index < -0.39 is 18.2 Å². The zero-order valence-corrected chi connectivity index (χ0v) is 13.0. The van der Waals surface area contributed by atoms with Gasteiger partial charge in [0.15, 0.2) is 5.78 Å². The van der Waals surface area contributed by atoms with Gasteiger partial charge in [-0.05, 0) is 36.4 Å². The molecule has 0 heterocycles. The third kappa shape index (κ3) is 4.87. The summed E-state index contributed by atoms with van der Waals surface area (Å²) < 4.78 is 34.6. The molecule has 0 aromatic heterocycles. The molecule has 0 saturated heterocycles. The van der Waals surface area contributed by atoms with Gasteiger partial charge in [-0.3, -0.25) is 14.9 Å². The lowest BCUT2D eigenvalue weighted by Gasteiger charge is -2.08. The molecule has 2 aromatic carbocycles. The number of hydrogen-bond acceptors (Lipinski definition) is 5. The van der Waals surface area contributed by atoms with E-state index in [0.717, 1.165) is 18.2 Å². The van der Waals surface area contributed by atoms with E-state index in [9.17, 15) is 23.5 Å². The van der Waals surface area contributed by atoms with Gasteiger partial charge in [-0.2, -0.15) is 0 Å². The Morgan fingerprint density at radius 2 is 1.64 bits per heavy atom. The van der Waals surface area contributed by atoms with Gasteiger partial charge in [0.2, 0.25) is 0 Å². The lowest BCUT2D eigenvalue weighted by atomic mass is 10.1. The van der Waals surface area contributed by atoms with E-state index in [1.807, 2.05) is 0 Å². The highest BCUT2D eigenvalue weighted by Crippen LogP contribution is 2.22. The molecule has 2 rings (SSSR count). The minimum absolute atomic E-state index is 0.118. The van der Waals surface area contributed by atoms with E-state index in [4.69, 9.17) is 4.74 Å². The summed E-state index contributed by atoms with van der Waals surface area (Å²) in [4.78, 5) is 22.3. The van der Waals surface area contributed by atoms with Crippen molar-refractivity contribution in [2.24, 2.45) is 0 Å². The van der Waals surface area contributed by atoms with Crippen molar-refractivity contribution in [3.8, 4) is 5.75 Å². The van der Waals surface area contributed by atoms with Crippen molar-refractivity contribution in [1.29, 1.82) is 0 Å². The molecular formula is C16H12BF2NO5. The van der Waals surface area contributed by atoms with E-state index in [-0.39, 0.29) is 22.6 Å². The molecule has 6 nitrogen and oxygen atoms in total. The van der Waals surface area contributed by atoms with Crippen LogP contribution in [0.3, 0.4) is 0 Å². The minimum Gasteiger partial charge on any atom is -0.505 e. The Morgan fingerprint density at radius 1 is 1.08 bits per heavy atom. The van der Waals surface area contributed by atoms with Crippen LogP contribution in [0.15, 0.2) is 54.6 Å². The van der Waals surface area contributed by atoms with Crippen LogP contribution in [0.4, 0.5) is 14.3 Å². The van der Waals surface area contributed by atoms with Crippen molar-refractivity contribution in [2.45, 2.75) is 0 Å². The molecule has 0 aliphatic rings. The molecule has 2 aromatic rings. The number of carbonyl (C=O) groups is 1. The largest absolute Gasteiger partial charge is 0.796 e. The molecule has 0 amide bonds. The minimum atomic E-state index is -3.15. The number of nitro benzene ring substituents is 1. The highest BCUT2D eigenvalue weighted by atomic mass is 19.2. The Labute approximate surface area is 142 Å². The maximum atomic E-state index is 12.6. The Balaban J connectivity index is 2.32. The topological polar surface area (TPSA) is 78.7 Å². The summed E-state index contributed by atoms with van der Waals surface area (Å²) in [5.74, 6) is -0.401. The van der Waals surface area contributed by atoms with E-state index in [2.05, 4.69) is 4.65 Å². The van der Waals surface area contributed by atoms with Crippen molar-refractivity contribution in [2.75, 3.05) is 7.11 Å². The molecular weight excluding hydrogens is 335 g/mol. The highest BCUT2D eigenvalue weighted by molar-refractivity contribution is 6.36. The first kappa shape index (κ1) is 18.1. The zero-order chi connectivity index (χ0) is 18.4. The van der Waals surface area contributed by atoms with Crippen molar-refractivity contribution < 1.29 is 27.7 Å². The van der Waals surface area contributed by atoms with Crippen LogP contribution >= 0.6 is 0 Å². The molecule has 0 N–H and O–H groups in total. The van der Waals surface area contributed by atoms with Crippen LogP contribution in [-0.2, 0) is 4.65 Å². The lowest BCUT2D eigenvalue weighted by molar-refractivity contribution is -0.384. The number of non-ortho nitro benzene ring substituents is 1. The molecule has 128 valence electrons. The predicted octanol–water partition coefficient (Wildman–Crippen LogP) is 3.77. The average molecular weight is 347 g/mol. The van der Waals surface area contributed by atoms with Gasteiger partial charge in [0.1, 0.15) is 11.5 Å². The van der Waals surface area contributed by atoms with Crippen LogP contribution in [0.25, 0.3) is 5.76 Å². The van der Waals surface area contributed by atoms with Crippen molar-refractivity contribution in [3.05, 3.63) is 75.8 Å². The van der Waals surface area contributed by atoms with E-state index in [1.165, 1.54) is 31.4 Å². The fourth-order valence-corrected chi connectivity index (χ4v) is 1.99. The van der Waals surface area contributed by atoms with Crippen LogP contribution in [0, 0.1) is 10.1 Å². The number of ketones is 1. The number of allylic oxidation sites excluding steroid dienone is 1. The number of halogens is 2. The van der Waals surface area contributed by atoms with Gasteiger partial charge in [0.05, 0.1) is 12.0 Å². The average Bonchev–Trinajstić information content (AvgIpc) is 2.61. The highest BCUT2D eigenvalue weighted by Gasteiger charge is 2.21. The Kier molecular flexibility index (Phi) is 5.83. The van der Waals surface area contributed by atoms with Crippen LogP contribution in [0.2, 0.25) is 0 Å². The smallest absolute Gasteiger partial charge is 0.505 e. The monoisotopic (exact) mass is 347 g/mol. The van der Waals surface area contributed by atoms with E-state index >= 15 is 0 Å². The number of hydrogen-bond donors (Lipinski definition) is 0. The van der Waals surface area contributed by atoms with Gasteiger partial charge in [-0.25, -0.2) is 8.63 Å². The van der Waals surface area contributed by atoms with Crippen LogP contribution < -0.4 is 4.74 Å². The van der Waals surface area contributed by atoms with E-state index in [1.54, 1.807) is 12.1 Å². The molecule has 0 aliphatic heterocycles. The third-order valence-corrected chi connectivity index (χ3v) is 3.22. The summed E-state index contributed by atoms with van der Waals surface area (Å²) in [7, 11) is -1.68. The molecule has 0 aliphatic carbocycles. The number of carbonyl (C=O) groups excluding carboxylic acids is 1. The maximum absolute atomic E-state index is 12.6. The fourth-order valence-electron chi connectivity index (χ4n) is 1.99. The molecule has 0 bridgehead atoms. The molecule has 0 unspecified atom stereocenters. The maximum Gasteiger partial charge on any atom is 0.796 e. The van der Waals surface area contributed by atoms with Gasteiger partial charge >= 0.3 is 7.47 Å². The second-order valence-corrected chi connectivity index (χ2v) is 4.78. The summed E-state index contributed by atoms with van der Waals surface area (Å²) in [6.45, 7) is 0. The Bertz CT molecular complexity index is 791. The van der Waals surface area contributed by atoms with Gasteiger partial charge < -0.3 is 9.39 Å². The molecule has 9 heteroatoms. The summed E-state index contributed by atoms with van der Waals surface area (Å²) in [6.07, 6.45) is 0.912. The molecule has 0 fully saturated rings. The fraction of sp³-hybridized carbons (Fsp3) is 0.0625. The Hall–Kier alpha value is -3.23. The van der Waals surface area contributed by atoms with Crippen molar-refractivity contribution in [3.63, 3.8) is 0 Å². The Morgan fingerprint density at radius 3 is 2.12 bits per heavy atom. The van der Waals surface area contributed by atoms with Crippen LogP contribution in [0.5, 0.6) is 5.75 Å². The van der Waals surface area contributed by atoms with Gasteiger partial charge in [-0.15, -0.1) is 0 Å². The number of rotatable bonds is 7. The first-order valence-corrected chi connectivity index (χ1v) is 7.00. The molecule has 0 saturated carbocycles. The van der Waals surface area contributed by atoms with Gasteiger partial charge in [0, 0.05) is 29.3 Å². The number of nitrogens with zero attached hydrogens (tertiary/aromatic N) is 1. The first-order chi connectivity index (χ1) is 11.9. The van der Waals surface area contributed by atoms with Crippen LogP contribution in [0.1, 0.15) is 15.9 Å². The SMILES string of the molecule is COc1ccc(C(=O)/C=C(\OB(F)F)c2ccc([N+](=O)[O-])cc2)cc1. The second kappa shape index (κ2) is 8.05. The molecule has 25 heavy (non-hydrogen) atoms. The quantitative estimate of drug-likeness (QED) is 0.190. The summed E-state index contributed by atoms with van der Waals surface area (Å²) >= 11 is 0. The summed E-state index contributed by atoms with van der Waals surface area (Å²) in [5.41, 5.74) is 0.160. The number of nitro groups is 1. The van der Waals surface area contributed by atoms with Crippen LogP contribution in [-0.4, -0.2) is 25.3 Å². The van der Waals surface area contributed by atoms with Crippen molar-refractivity contribution in [1.82, 2.24) is 0 Å². The number of methoxy groups -OCH3 is 1. The second-order valence-electron chi connectivity index (χ2n) is 4.78. The van der Waals surface area contributed by atoms with Gasteiger partial charge in [0.25, 0.3) is 5.69 Å². The molecule has 0 atom stereocenters. The summed E-state index contributed by atoms with van der Waals surface area (Å²) in [6, 6.07) is 10.8. The third-order valence-electron chi connectivity index (χ3n) is 3.22. The van der Waals surface area contributed by atoms with E-state index in [0.29, 0.717) is 5.75 Å². The number of benzene rings is 2.